The third-order valence-corrected chi connectivity index (χ3v) is 3.79. The van der Waals surface area contributed by atoms with Crippen molar-refractivity contribution >= 4 is 11.8 Å². The van der Waals surface area contributed by atoms with Crippen LogP contribution in [0.5, 0.6) is 0 Å². The first kappa shape index (κ1) is 12.9. The van der Waals surface area contributed by atoms with E-state index in [0.29, 0.717) is 6.10 Å². The Kier molecular flexibility index (Phi) is 5.89. The van der Waals surface area contributed by atoms with Crippen molar-refractivity contribution in [1.29, 1.82) is 0 Å². The molecule has 3 heteroatoms. The van der Waals surface area contributed by atoms with Gasteiger partial charge in [0, 0.05) is 17.3 Å². The van der Waals surface area contributed by atoms with E-state index in [1.165, 1.54) is 17.7 Å². The normalized spacial score (nSPS) is 20.4. The summed E-state index contributed by atoms with van der Waals surface area (Å²) in [6, 6.07) is 10.4. The molecular formula is C14H20O2S. The minimum Gasteiger partial charge on any atom is -0.378 e. The van der Waals surface area contributed by atoms with Crippen LogP contribution in [0.15, 0.2) is 35.2 Å². The molecule has 0 bridgehead atoms. The molecule has 1 fully saturated rings. The Bertz CT molecular complexity index is 296. The third kappa shape index (κ3) is 5.11. The van der Waals surface area contributed by atoms with Crippen LogP contribution < -0.4 is 0 Å². The largest absolute Gasteiger partial charge is 0.378 e. The smallest absolute Gasteiger partial charge is 0.0808 e. The van der Waals surface area contributed by atoms with Crippen molar-refractivity contribution in [2.75, 3.05) is 25.6 Å². The lowest BCUT2D eigenvalue weighted by Gasteiger charge is -2.22. The van der Waals surface area contributed by atoms with Crippen LogP contribution in [-0.2, 0) is 9.47 Å². The quantitative estimate of drug-likeness (QED) is 0.571. The van der Waals surface area contributed by atoms with E-state index in [1.807, 2.05) is 17.8 Å². The van der Waals surface area contributed by atoms with Crippen LogP contribution in [0.1, 0.15) is 19.3 Å². The standard InChI is InChI=1S/C14H20O2S/c1-2-7-14(8-3-1)17-11-10-15-12-13-6-4-5-9-16-13/h1-3,7-8,13H,4-6,9-12H2. The molecule has 2 nitrogen and oxygen atoms in total. The van der Waals surface area contributed by atoms with Crippen molar-refractivity contribution in [1.82, 2.24) is 0 Å². The fourth-order valence-electron chi connectivity index (χ4n) is 1.89. The van der Waals surface area contributed by atoms with Crippen LogP contribution in [0, 0.1) is 0 Å². The zero-order valence-corrected chi connectivity index (χ0v) is 11.0. The number of thioether (sulfide) groups is 1. The maximum absolute atomic E-state index is 5.65. The van der Waals surface area contributed by atoms with Crippen molar-refractivity contribution < 1.29 is 9.47 Å². The van der Waals surface area contributed by atoms with E-state index in [2.05, 4.69) is 24.3 Å². The van der Waals surface area contributed by atoms with Crippen LogP contribution in [0.3, 0.4) is 0 Å². The summed E-state index contributed by atoms with van der Waals surface area (Å²) < 4.78 is 11.3. The molecule has 1 unspecified atom stereocenters. The zero-order valence-electron chi connectivity index (χ0n) is 10.1. The molecule has 94 valence electrons. The Morgan fingerprint density at radius 3 is 2.88 bits per heavy atom. The molecule has 0 spiro atoms. The van der Waals surface area contributed by atoms with Gasteiger partial charge in [-0.15, -0.1) is 11.8 Å². The molecule has 1 aliphatic rings. The van der Waals surface area contributed by atoms with Crippen molar-refractivity contribution in [3.8, 4) is 0 Å². The number of ether oxygens (including phenoxy) is 2. The van der Waals surface area contributed by atoms with Gasteiger partial charge in [-0.25, -0.2) is 0 Å². The van der Waals surface area contributed by atoms with Gasteiger partial charge in [0.25, 0.3) is 0 Å². The Balaban J connectivity index is 1.51. The van der Waals surface area contributed by atoms with Crippen LogP contribution in [0.4, 0.5) is 0 Å². The van der Waals surface area contributed by atoms with E-state index in [0.717, 1.165) is 32.0 Å². The molecule has 1 aromatic rings. The van der Waals surface area contributed by atoms with Crippen molar-refractivity contribution in [3.05, 3.63) is 30.3 Å². The maximum Gasteiger partial charge on any atom is 0.0808 e. The summed E-state index contributed by atoms with van der Waals surface area (Å²) in [7, 11) is 0. The summed E-state index contributed by atoms with van der Waals surface area (Å²) in [6.07, 6.45) is 3.99. The van der Waals surface area contributed by atoms with Gasteiger partial charge in [0.2, 0.25) is 0 Å². The molecule has 1 aromatic carbocycles. The average Bonchev–Trinajstić information content (AvgIpc) is 2.41. The monoisotopic (exact) mass is 252 g/mol. The van der Waals surface area contributed by atoms with Crippen LogP contribution in [0.25, 0.3) is 0 Å². The van der Waals surface area contributed by atoms with Crippen molar-refractivity contribution in [2.45, 2.75) is 30.3 Å². The minimum atomic E-state index is 0.338. The van der Waals surface area contributed by atoms with E-state index in [4.69, 9.17) is 9.47 Å². The SMILES string of the molecule is c1ccc(SCCOCC2CCCCO2)cc1. The van der Waals surface area contributed by atoms with E-state index < -0.39 is 0 Å². The molecular weight excluding hydrogens is 232 g/mol. The Labute approximate surface area is 108 Å². The topological polar surface area (TPSA) is 18.5 Å². The molecule has 0 aliphatic carbocycles. The van der Waals surface area contributed by atoms with Gasteiger partial charge < -0.3 is 9.47 Å². The number of rotatable bonds is 6. The molecule has 0 aromatic heterocycles. The Morgan fingerprint density at radius 1 is 1.24 bits per heavy atom. The van der Waals surface area contributed by atoms with Crippen LogP contribution >= 0.6 is 11.8 Å². The van der Waals surface area contributed by atoms with E-state index >= 15 is 0 Å². The van der Waals surface area contributed by atoms with Gasteiger partial charge in [0.1, 0.15) is 0 Å². The highest BCUT2D eigenvalue weighted by atomic mass is 32.2. The Hall–Kier alpha value is -0.510. The first-order valence-corrected chi connectivity index (χ1v) is 7.31. The summed E-state index contributed by atoms with van der Waals surface area (Å²) in [5, 5.41) is 0. The van der Waals surface area contributed by atoms with Crippen LogP contribution in [-0.4, -0.2) is 31.7 Å². The molecule has 0 radical (unpaired) electrons. The number of hydrogen-bond acceptors (Lipinski definition) is 3. The first-order chi connectivity index (χ1) is 8.45. The molecule has 17 heavy (non-hydrogen) atoms. The second-order valence-electron chi connectivity index (χ2n) is 4.23. The van der Waals surface area contributed by atoms with E-state index in [1.54, 1.807) is 0 Å². The maximum atomic E-state index is 5.65. The summed E-state index contributed by atoms with van der Waals surface area (Å²) in [4.78, 5) is 1.31. The highest BCUT2D eigenvalue weighted by molar-refractivity contribution is 7.99. The summed E-state index contributed by atoms with van der Waals surface area (Å²) >= 11 is 1.84. The fraction of sp³-hybridized carbons (Fsp3) is 0.571. The van der Waals surface area contributed by atoms with E-state index in [-0.39, 0.29) is 0 Å². The molecule has 0 N–H and O–H groups in total. The fourth-order valence-corrected chi connectivity index (χ4v) is 2.68. The third-order valence-electron chi connectivity index (χ3n) is 2.82. The van der Waals surface area contributed by atoms with Gasteiger partial charge in [-0.1, -0.05) is 18.2 Å². The van der Waals surface area contributed by atoms with Gasteiger partial charge in [-0.05, 0) is 31.4 Å². The number of hydrogen-bond donors (Lipinski definition) is 0. The predicted molar refractivity (Wildman–Crippen MR) is 71.6 cm³/mol. The van der Waals surface area contributed by atoms with E-state index in [9.17, 15) is 0 Å². The highest BCUT2D eigenvalue weighted by Crippen LogP contribution is 2.17. The second-order valence-corrected chi connectivity index (χ2v) is 5.39. The molecule has 1 heterocycles. The molecule has 0 amide bonds. The van der Waals surface area contributed by atoms with Gasteiger partial charge >= 0.3 is 0 Å². The van der Waals surface area contributed by atoms with Gasteiger partial charge in [0.15, 0.2) is 0 Å². The second kappa shape index (κ2) is 7.75. The van der Waals surface area contributed by atoms with Gasteiger partial charge in [0.05, 0.1) is 19.3 Å². The summed E-state index contributed by atoms with van der Waals surface area (Å²) in [5.74, 6) is 1.01. The average molecular weight is 252 g/mol. The summed E-state index contributed by atoms with van der Waals surface area (Å²) in [5.41, 5.74) is 0. The van der Waals surface area contributed by atoms with Gasteiger partial charge in [-0.2, -0.15) is 0 Å². The lowest BCUT2D eigenvalue weighted by Crippen LogP contribution is -2.24. The highest BCUT2D eigenvalue weighted by Gasteiger charge is 2.13. The molecule has 1 atom stereocenters. The van der Waals surface area contributed by atoms with Gasteiger partial charge in [-0.3, -0.25) is 0 Å². The number of benzene rings is 1. The predicted octanol–water partition coefficient (Wildman–Crippen LogP) is 3.36. The lowest BCUT2D eigenvalue weighted by atomic mass is 10.1. The van der Waals surface area contributed by atoms with Crippen molar-refractivity contribution in [3.63, 3.8) is 0 Å². The molecule has 1 saturated heterocycles. The zero-order chi connectivity index (χ0) is 11.8. The Morgan fingerprint density at radius 2 is 2.12 bits per heavy atom. The lowest BCUT2D eigenvalue weighted by molar-refractivity contribution is -0.0376. The van der Waals surface area contributed by atoms with Crippen molar-refractivity contribution in [2.24, 2.45) is 0 Å². The summed E-state index contributed by atoms with van der Waals surface area (Å²) in [6.45, 7) is 2.47. The molecule has 2 rings (SSSR count). The minimum absolute atomic E-state index is 0.338. The first-order valence-electron chi connectivity index (χ1n) is 6.32. The molecule has 1 aliphatic heterocycles. The molecule has 0 saturated carbocycles. The van der Waals surface area contributed by atoms with Crippen LogP contribution in [0.2, 0.25) is 0 Å².